The molecule has 2 atom stereocenters. The van der Waals surface area contributed by atoms with Gasteiger partial charge in [0.25, 0.3) is 5.69 Å². The van der Waals surface area contributed by atoms with Crippen LogP contribution in [0.5, 0.6) is 0 Å². The Hall–Kier alpha value is -2.47. The minimum absolute atomic E-state index is 0.0434. The fourth-order valence-corrected chi connectivity index (χ4v) is 2.19. The summed E-state index contributed by atoms with van der Waals surface area (Å²) in [6.07, 6.45) is -0.915. The number of hydrogen-bond donors (Lipinski definition) is 2. The number of aryl methyl sites for hydroxylation is 1. The second-order valence-electron chi connectivity index (χ2n) is 5.21. The lowest BCUT2D eigenvalue weighted by Gasteiger charge is -2.21. The molecular weight excluding hydrogens is 287 g/mol. The summed E-state index contributed by atoms with van der Waals surface area (Å²) in [6, 6.07) is 9.86. The Balaban J connectivity index is 2.19. The van der Waals surface area contributed by atoms with E-state index in [4.69, 9.17) is 0 Å². The molecule has 6 heteroatoms. The Morgan fingerprint density at radius 1 is 1.23 bits per heavy atom. The molecule has 5 nitrogen and oxygen atoms in total. The zero-order valence-corrected chi connectivity index (χ0v) is 12.3. The number of anilines is 1. The van der Waals surface area contributed by atoms with Gasteiger partial charge < -0.3 is 10.4 Å². The van der Waals surface area contributed by atoms with Gasteiger partial charge in [-0.05, 0) is 43.2 Å². The van der Waals surface area contributed by atoms with Crippen molar-refractivity contribution in [3.63, 3.8) is 0 Å². The number of halogens is 1. The fraction of sp³-hybridized carbons (Fsp3) is 0.250. The summed E-state index contributed by atoms with van der Waals surface area (Å²) in [7, 11) is 0. The molecule has 2 aromatic rings. The van der Waals surface area contributed by atoms with E-state index in [2.05, 4.69) is 5.32 Å². The molecule has 0 fully saturated rings. The molecule has 116 valence electrons. The van der Waals surface area contributed by atoms with Crippen molar-refractivity contribution < 1.29 is 14.4 Å². The molecule has 0 aromatic heterocycles. The maximum absolute atomic E-state index is 12.9. The Morgan fingerprint density at radius 3 is 2.45 bits per heavy atom. The second kappa shape index (κ2) is 6.53. The van der Waals surface area contributed by atoms with Gasteiger partial charge in [0, 0.05) is 6.07 Å². The van der Waals surface area contributed by atoms with Crippen LogP contribution < -0.4 is 5.32 Å². The van der Waals surface area contributed by atoms with Gasteiger partial charge in [-0.1, -0.05) is 18.2 Å². The van der Waals surface area contributed by atoms with E-state index in [0.717, 1.165) is 5.56 Å². The predicted molar refractivity (Wildman–Crippen MR) is 82.3 cm³/mol. The first kappa shape index (κ1) is 15.9. The zero-order chi connectivity index (χ0) is 16.3. The average molecular weight is 304 g/mol. The van der Waals surface area contributed by atoms with Crippen LogP contribution in [0.4, 0.5) is 15.8 Å². The van der Waals surface area contributed by atoms with Gasteiger partial charge in [0.15, 0.2) is 0 Å². The largest absolute Gasteiger partial charge is 0.386 e. The van der Waals surface area contributed by atoms with E-state index in [1.54, 1.807) is 26.0 Å². The summed E-state index contributed by atoms with van der Waals surface area (Å²) in [5, 5.41) is 24.3. The number of benzene rings is 2. The molecule has 2 unspecified atom stereocenters. The van der Waals surface area contributed by atoms with E-state index in [9.17, 15) is 19.6 Å². The van der Waals surface area contributed by atoms with Crippen LogP contribution >= 0.6 is 0 Å². The lowest BCUT2D eigenvalue weighted by molar-refractivity contribution is -0.384. The molecule has 0 radical (unpaired) electrons. The lowest BCUT2D eigenvalue weighted by Crippen LogP contribution is -2.24. The van der Waals surface area contributed by atoms with Gasteiger partial charge in [0.2, 0.25) is 0 Å². The summed E-state index contributed by atoms with van der Waals surface area (Å²) in [5.74, 6) is -0.384. The van der Waals surface area contributed by atoms with Crippen LogP contribution in [-0.2, 0) is 0 Å². The molecule has 0 aliphatic heterocycles. The first-order valence-corrected chi connectivity index (χ1v) is 6.83. The first-order valence-electron chi connectivity index (χ1n) is 6.83. The van der Waals surface area contributed by atoms with E-state index < -0.39 is 17.1 Å². The van der Waals surface area contributed by atoms with E-state index >= 15 is 0 Å². The number of rotatable bonds is 5. The van der Waals surface area contributed by atoms with Gasteiger partial charge in [0.1, 0.15) is 11.5 Å². The lowest BCUT2D eigenvalue weighted by atomic mass is 10.0. The number of aliphatic hydroxyl groups is 1. The van der Waals surface area contributed by atoms with Gasteiger partial charge in [-0.3, -0.25) is 10.1 Å². The first-order chi connectivity index (χ1) is 10.4. The topological polar surface area (TPSA) is 75.4 Å². The molecule has 0 bridgehead atoms. The molecule has 2 aromatic carbocycles. The summed E-state index contributed by atoms with van der Waals surface area (Å²) >= 11 is 0. The second-order valence-corrected chi connectivity index (χ2v) is 5.21. The quantitative estimate of drug-likeness (QED) is 0.654. The maximum atomic E-state index is 12.9. The molecule has 0 spiro atoms. The Morgan fingerprint density at radius 2 is 1.86 bits per heavy atom. The molecule has 0 amide bonds. The monoisotopic (exact) mass is 304 g/mol. The van der Waals surface area contributed by atoms with Crippen LogP contribution in [0.15, 0.2) is 42.5 Å². The minimum Gasteiger partial charge on any atom is -0.386 e. The Labute approximate surface area is 127 Å². The molecular formula is C16H17FN2O3. The summed E-state index contributed by atoms with van der Waals surface area (Å²) in [6.45, 7) is 3.48. The Kier molecular flexibility index (Phi) is 4.72. The standard InChI is InChI=1S/C16H17FN2O3/c1-10-3-8-14(15(9-10)19(21)22)18-11(2)16(20)12-4-6-13(17)7-5-12/h3-9,11,16,18,20H,1-2H3. The molecule has 0 saturated carbocycles. The highest BCUT2D eigenvalue weighted by Crippen LogP contribution is 2.28. The predicted octanol–water partition coefficient (Wildman–Crippen LogP) is 3.58. The third kappa shape index (κ3) is 3.59. The molecule has 22 heavy (non-hydrogen) atoms. The van der Waals surface area contributed by atoms with Crippen LogP contribution in [0.2, 0.25) is 0 Å². The van der Waals surface area contributed by atoms with Crippen molar-refractivity contribution in [1.82, 2.24) is 0 Å². The van der Waals surface area contributed by atoms with E-state index in [0.29, 0.717) is 11.3 Å². The molecule has 0 heterocycles. The van der Waals surface area contributed by atoms with E-state index in [1.165, 1.54) is 30.3 Å². The fourth-order valence-electron chi connectivity index (χ4n) is 2.19. The zero-order valence-electron chi connectivity index (χ0n) is 12.3. The van der Waals surface area contributed by atoms with Crippen LogP contribution in [0.1, 0.15) is 24.2 Å². The molecule has 2 N–H and O–H groups in total. The summed E-state index contributed by atoms with van der Waals surface area (Å²) in [4.78, 5) is 10.6. The van der Waals surface area contributed by atoms with Gasteiger partial charge in [-0.25, -0.2) is 4.39 Å². The van der Waals surface area contributed by atoms with Crippen LogP contribution in [0, 0.1) is 22.9 Å². The summed E-state index contributed by atoms with van der Waals surface area (Å²) < 4.78 is 12.9. The SMILES string of the molecule is Cc1ccc(NC(C)C(O)c2ccc(F)cc2)c([N+](=O)[O-])c1. The number of nitro benzene ring substituents is 1. The van der Waals surface area contributed by atoms with Crippen molar-refractivity contribution >= 4 is 11.4 Å². The van der Waals surface area contributed by atoms with Crippen LogP contribution in [-0.4, -0.2) is 16.1 Å². The number of hydrogen-bond acceptors (Lipinski definition) is 4. The highest BCUT2D eigenvalue weighted by atomic mass is 19.1. The number of aliphatic hydroxyl groups excluding tert-OH is 1. The maximum Gasteiger partial charge on any atom is 0.292 e. The number of nitro groups is 1. The van der Waals surface area contributed by atoms with Crippen molar-refractivity contribution in [2.75, 3.05) is 5.32 Å². The van der Waals surface area contributed by atoms with Crippen LogP contribution in [0.25, 0.3) is 0 Å². The van der Waals surface area contributed by atoms with Gasteiger partial charge >= 0.3 is 0 Å². The van der Waals surface area contributed by atoms with Gasteiger partial charge in [0.05, 0.1) is 17.1 Å². The molecule has 0 aliphatic carbocycles. The van der Waals surface area contributed by atoms with E-state index in [-0.39, 0.29) is 11.5 Å². The Bertz CT molecular complexity index is 674. The molecule has 0 saturated heterocycles. The third-order valence-corrected chi connectivity index (χ3v) is 3.42. The van der Waals surface area contributed by atoms with Crippen molar-refractivity contribution in [2.24, 2.45) is 0 Å². The van der Waals surface area contributed by atoms with E-state index in [1.807, 2.05) is 0 Å². The average Bonchev–Trinajstić information content (AvgIpc) is 2.48. The molecule has 0 aliphatic rings. The van der Waals surface area contributed by atoms with Crippen LogP contribution in [0.3, 0.4) is 0 Å². The van der Waals surface area contributed by atoms with Crippen molar-refractivity contribution in [3.8, 4) is 0 Å². The third-order valence-electron chi connectivity index (χ3n) is 3.42. The summed E-state index contributed by atoms with van der Waals surface area (Å²) in [5.41, 5.74) is 1.61. The number of nitrogens with zero attached hydrogens (tertiary/aromatic N) is 1. The number of nitrogens with one attached hydrogen (secondary N) is 1. The van der Waals surface area contributed by atoms with Crippen molar-refractivity contribution in [3.05, 3.63) is 69.5 Å². The van der Waals surface area contributed by atoms with Crippen molar-refractivity contribution in [1.29, 1.82) is 0 Å². The van der Waals surface area contributed by atoms with Gasteiger partial charge in [-0.15, -0.1) is 0 Å². The highest BCUT2D eigenvalue weighted by Gasteiger charge is 2.20. The van der Waals surface area contributed by atoms with Gasteiger partial charge in [-0.2, -0.15) is 0 Å². The minimum atomic E-state index is -0.915. The normalized spacial score (nSPS) is 13.5. The smallest absolute Gasteiger partial charge is 0.292 e. The molecule has 2 rings (SSSR count). The van der Waals surface area contributed by atoms with Crippen molar-refractivity contribution in [2.45, 2.75) is 26.0 Å². The highest BCUT2D eigenvalue weighted by molar-refractivity contribution is 5.63.